The van der Waals surface area contributed by atoms with Crippen LogP contribution >= 0.6 is 0 Å². The zero-order chi connectivity index (χ0) is 19.3. The molecule has 2 rings (SSSR count). The number of benzene rings is 1. The molecular weight excluding hydrogens is 337 g/mol. The highest BCUT2D eigenvalue weighted by Gasteiger charge is 2.17. The van der Waals surface area contributed by atoms with Crippen molar-refractivity contribution in [3.63, 3.8) is 0 Å². The van der Waals surface area contributed by atoms with Crippen molar-refractivity contribution >= 4 is 11.9 Å². The lowest BCUT2D eigenvalue weighted by Gasteiger charge is -2.13. The Balaban J connectivity index is 2.31. The van der Waals surface area contributed by atoms with Gasteiger partial charge in [-0.15, -0.1) is 0 Å². The van der Waals surface area contributed by atoms with E-state index in [-0.39, 0.29) is 12.1 Å². The van der Waals surface area contributed by atoms with E-state index in [9.17, 15) is 14.0 Å². The van der Waals surface area contributed by atoms with E-state index in [0.29, 0.717) is 12.0 Å². The number of rotatable bonds is 6. The minimum Gasteiger partial charge on any atom is -0.468 e. The summed E-state index contributed by atoms with van der Waals surface area (Å²) < 4.78 is 18.6. The first kappa shape index (κ1) is 19.5. The number of carbonyl (C=O) groups excluding carboxylic acids is 2. The summed E-state index contributed by atoms with van der Waals surface area (Å²) in [5.74, 6) is -1.69. The molecule has 1 amide bonds. The van der Waals surface area contributed by atoms with Crippen LogP contribution in [0, 0.1) is 12.7 Å². The number of nitrogens with two attached hydrogens (primary N) is 1. The third-order valence-electron chi connectivity index (χ3n) is 4.01. The predicted molar refractivity (Wildman–Crippen MR) is 96.1 cm³/mol. The molecule has 1 atom stereocenters. The molecule has 1 aromatic heterocycles. The third kappa shape index (κ3) is 4.43. The Labute approximate surface area is 151 Å². The lowest BCUT2D eigenvalue weighted by Crippen LogP contribution is -2.43. The van der Waals surface area contributed by atoms with Crippen LogP contribution in [-0.4, -0.2) is 36.6 Å². The molecule has 0 saturated heterocycles. The Bertz CT molecular complexity index is 824. The molecule has 0 aliphatic heterocycles. The third-order valence-corrected chi connectivity index (χ3v) is 4.01. The van der Waals surface area contributed by atoms with Gasteiger partial charge in [0, 0.05) is 29.6 Å². The fourth-order valence-corrected chi connectivity index (χ4v) is 2.68. The van der Waals surface area contributed by atoms with Gasteiger partial charge in [0.25, 0.3) is 5.91 Å². The maximum Gasteiger partial charge on any atom is 0.324 e. The van der Waals surface area contributed by atoms with Crippen LogP contribution in [0.25, 0.3) is 11.1 Å². The molecule has 0 fully saturated rings. The standard InChI is InChI=1S/C19H22FN3O3/c1-4-16-17(11(2)5-6-22-16)12-7-13(9-14(20)8-12)18(24)23-10-15(21)19(25)26-3/h5-9,15H,4,10,21H2,1-3H3,(H,23,24)/t15-/m1/s1. The summed E-state index contributed by atoms with van der Waals surface area (Å²) in [6.45, 7) is 3.77. The van der Waals surface area contributed by atoms with Crippen molar-refractivity contribution in [3.05, 3.63) is 53.1 Å². The van der Waals surface area contributed by atoms with Crippen LogP contribution in [0.4, 0.5) is 4.39 Å². The monoisotopic (exact) mass is 359 g/mol. The second-order valence-corrected chi connectivity index (χ2v) is 5.87. The molecule has 0 spiro atoms. The number of amides is 1. The Morgan fingerprint density at radius 3 is 2.73 bits per heavy atom. The fraction of sp³-hybridized carbons (Fsp3) is 0.316. The molecule has 26 heavy (non-hydrogen) atoms. The molecule has 1 heterocycles. The SMILES string of the molecule is CCc1nccc(C)c1-c1cc(F)cc(C(=O)NC[C@@H](N)C(=O)OC)c1. The second kappa shape index (κ2) is 8.53. The fourth-order valence-electron chi connectivity index (χ4n) is 2.68. The van der Waals surface area contributed by atoms with Crippen LogP contribution in [-0.2, 0) is 16.0 Å². The summed E-state index contributed by atoms with van der Waals surface area (Å²) in [5.41, 5.74) is 8.90. The summed E-state index contributed by atoms with van der Waals surface area (Å²) in [5, 5.41) is 2.52. The van der Waals surface area contributed by atoms with Gasteiger partial charge < -0.3 is 15.8 Å². The maximum absolute atomic E-state index is 14.1. The molecule has 0 aliphatic carbocycles. The molecule has 0 unspecified atom stereocenters. The average Bonchev–Trinajstić information content (AvgIpc) is 2.64. The van der Waals surface area contributed by atoms with E-state index >= 15 is 0 Å². The number of ether oxygens (including phenoxy) is 1. The van der Waals surface area contributed by atoms with Gasteiger partial charge in [-0.1, -0.05) is 6.92 Å². The molecule has 0 radical (unpaired) electrons. The highest BCUT2D eigenvalue weighted by molar-refractivity contribution is 5.96. The van der Waals surface area contributed by atoms with Crippen molar-refractivity contribution in [1.29, 1.82) is 0 Å². The van der Waals surface area contributed by atoms with E-state index in [4.69, 9.17) is 5.73 Å². The van der Waals surface area contributed by atoms with Crippen molar-refractivity contribution < 1.29 is 18.7 Å². The topological polar surface area (TPSA) is 94.3 Å². The van der Waals surface area contributed by atoms with Gasteiger partial charge in [-0.2, -0.15) is 0 Å². The number of esters is 1. The minimum absolute atomic E-state index is 0.108. The first-order valence-electron chi connectivity index (χ1n) is 8.24. The van der Waals surface area contributed by atoms with Crippen LogP contribution in [0.1, 0.15) is 28.5 Å². The van der Waals surface area contributed by atoms with Crippen LogP contribution in [0.15, 0.2) is 30.5 Å². The van der Waals surface area contributed by atoms with Crippen LogP contribution in [0.3, 0.4) is 0 Å². The number of hydrogen-bond acceptors (Lipinski definition) is 5. The van der Waals surface area contributed by atoms with Crippen LogP contribution < -0.4 is 11.1 Å². The number of pyridine rings is 1. The van der Waals surface area contributed by atoms with E-state index in [1.165, 1.54) is 13.2 Å². The number of nitrogens with one attached hydrogen (secondary N) is 1. The molecule has 0 bridgehead atoms. The average molecular weight is 359 g/mol. The first-order chi connectivity index (χ1) is 12.4. The predicted octanol–water partition coefficient (Wildman–Crippen LogP) is 1.99. The van der Waals surface area contributed by atoms with Gasteiger partial charge in [-0.3, -0.25) is 14.6 Å². The van der Waals surface area contributed by atoms with Gasteiger partial charge in [-0.05, 0) is 48.7 Å². The highest BCUT2D eigenvalue weighted by atomic mass is 19.1. The van der Waals surface area contributed by atoms with Gasteiger partial charge in [0.1, 0.15) is 11.9 Å². The Morgan fingerprint density at radius 1 is 1.35 bits per heavy atom. The largest absolute Gasteiger partial charge is 0.468 e. The minimum atomic E-state index is -0.982. The maximum atomic E-state index is 14.1. The van der Waals surface area contributed by atoms with Crippen LogP contribution in [0.2, 0.25) is 0 Å². The molecule has 0 aliphatic rings. The molecule has 2 aromatic rings. The number of aromatic nitrogens is 1. The van der Waals surface area contributed by atoms with E-state index in [2.05, 4.69) is 15.0 Å². The molecule has 6 nitrogen and oxygen atoms in total. The van der Waals surface area contributed by atoms with E-state index < -0.39 is 23.7 Å². The quantitative estimate of drug-likeness (QED) is 0.769. The zero-order valence-electron chi connectivity index (χ0n) is 15.0. The lowest BCUT2D eigenvalue weighted by atomic mass is 9.96. The van der Waals surface area contributed by atoms with Crippen molar-refractivity contribution in [1.82, 2.24) is 10.3 Å². The number of methoxy groups -OCH3 is 1. The number of halogens is 1. The molecule has 1 aromatic carbocycles. The van der Waals surface area contributed by atoms with Gasteiger partial charge in [0.05, 0.1) is 7.11 Å². The normalized spacial score (nSPS) is 11.7. The Hall–Kier alpha value is -2.80. The second-order valence-electron chi connectivity index (χ2n) is 5.87. The molecule has 7 heteroatoms. The van der Waals surface area contributed by atoms with Gasteiger partial charge in [-0.25, -0.2) is 4.39 Å². The van der Waals surface area contributed by atoms with E-state index in [1.807, 2.05) is 19.9 Å². The lowest BCUT2D eigenvalue weighted by molar-refractivity contribution is -0.141. The van der Waals surface area contributed by atoms with Crippen molar-refractivity contribution in [2.45, 2.75) is 26.3 Å². The number of carbonyl (C=O) groups is 2. The molecule has 3 N–H and O–H groups in total. The van der Waals surface area contributed by atoms with E-state index in [0.717, 1.165) is 22.9 Å². The van der Waals surface area contributed by atoms with E-state index in [1.54, 1.807) is 12.3 Å². The first-order valence-corrected chi connectivity index (χ1v) is 8.24. The number of aryl methyl sites for hydroxylation is 2. The molecular formula is C19H22FN3O3. The molecule has 0 saturated carbocycles. The van der Waals surface area contributed by atoms with Gasteiger partial charge >= 0.3 is 5.97 Å². The Morgan fingerprint density at radius 2 is 2.08 bits per heavy atom. The van der Waals surface area contributed by atoms with Gasteiger partial charge in [0.15, 0.2) is 0 Å². The summed E-state index contributed by atoms with van der Waals surface area (Å²) in [4.78, 5) is 28.0. The Kier molecular flexibility index (Phi) is 6.41. The smallest absolute Gasteiger partial charge is 0.324 e. The molecule has 138 valence electrons. The number of nitrogens with zero attached hydrogens (tertiary/aromatic N) is 1. The van der Waals surface area contributed by atoms with Crippen LogP contribution in [0.5, 0.6) is 0 Å². The highest BCUT2D eigenvalue weighted by Crippen LogP contribution is 2.28. The van der Waals surface area contributed by atoms with Gasteiger partial charge in [0.2, 0.25) is 0 Å². The summed E-state index contributed by atoms with van der Waals surface area (Å²) in [7, 11) is 1.21. The summed E-state index contributed by atoms with van der Waals surface area (Å²) in [6.07, 6.45) is 2.39. The summed E-state index contributed by atoms with van der Waals surface area (Å²) >= 11 is 0. The van der Waals surface area contributed by atoms with Crippen molar-refractivity contribution in [3.8, 4) is 11.1 Å². The van der Waals surface area contributed by atoms with Crippen molar-refractivity contribution in [2.24, 2.45) is 5.73 Å². The summed E-state index contributed by atoms with van der Waals surface area (Å²) in [6, 6.07) is 4.98. The van der Waals surface area contributed by atoms with Crippen molar-refractivity contribution in [2.75, 3.05) is 13.7 Å². The zero-order valence-corrected chi connectivity index (χ0v) is 15.0. The number of hydrogen-bond donors (Lipinski definition) is 2.